The molecule has 0 amide bonds. The SMILES string of the molecule is BrC1c2ccccc2CC1Cc1ccccc1. The highest BCUT2D eigenvalue weighted by Gasteiger charge is 2.29. The summed E-state index contributed by atoms with van der Waals surface area (Å²) in [7, 11) is 0. The lowest BCUT2D eigenvalue weighted by atomic mass is 9.97. The van der Waals surface area contributed by atoms with Crippen molar-refractivity contribution in [3.05, 3.63) is 71.3 Å². The minimum Gasteiger partial charge on any atom is -0.0835 e. The van der Waals surface area contributed by atoms with Gasteiger partial charge in [-0.1, -0.05) is 70.5 Å². The molecule has 0 saturated heterocycles. The van der Waals surface area contributed by atoms with Crippen molar-refractivity contribution < 1.29 is 0 Å². The molecular weight excluding hydrogens is 272 g/mol. The van der Waals surface area contributed by atoms with E-state index in [1.54, 1.807) is 0 Å². The van der Waals surface area contributed by atoms with Crippen molar-refractivity contribution in [1.82, 2.24) is 0 Å². The quantitative estimate of drug-likeness (QED) is 0.711. The van der Waals surface area contributed by atoms with Crippen molar-refractivity contribution in [2.75, 3.05) is 0 Å². The maximum Gasteiger partial charge on any atom is 0.0432 e. The molecule has 2 unspecified atom stereocenters. The Morgan fingerprint density at radius 1 is 0.941 bits per heavy atom. The number of halogens is 1. The summed E-state index contributed by atoms with van der Waals surface area (Å²) in [5.41, 5.74) is 4.43. The number of benzene rings is 2. The second-order valence-corrected chi connectivity index (χ2v) is 5.74. The van der Waals surface area contributed by atoms with Crippen molar-refractivity contribution in [3.8, 4) is 0 Å². The van der Waals surface area contributed by atoms with Gasteiger partial charge in [0, 0.05) is 4.83 Å². The second kappa shape index (κ2) is 4.66. The number of hydrogen-bond acceptors (Lipinski definition) is 0. The highest BCUT2D eigenvalue weighted by Crippen LogP contribution is 2.43. The van der Waals surface area contributed by atoms with E-state index < -0.39 is 0 Å². The van der Waals surface area contributed by atoms with Crippen LogP contribution in [0, 0.1) is 5.92 Å². The maximum atomic E-state index is 3.86. The molecule has 0 spiro atoms. The first-order valence-electron chi connectivity index (χ1n) is 6.10. The molecule has 1 heteroatoms. The third kappa shape index (κ3) is 2.16. The molecule has 0 N–H and O–H groups in total. The van der Waals surface area contributed by atoms with Gasteiger partial charge in [-0.3, -0.25) is 0 Å². The van der Waals surface area contributed by atoms with Crippen LogP contribution < -0.4 is 0 Å². The van der Waals surface area contributed by atoms with Crippen LogP contribution in [-0.2, 0) is 12.8 Å². The molecule has 0 radical (unpaired) electrons. The van der Waals surface area contributed by atoms with Crippen molar-refractivity contribution in [2.24, 2.45) is 5.92 Å². The van der Waals surface area contributed by atoms with E-state index in [1.165, 1.54) is 23.1 Å². The van der Waals surface area contributed by atoms with E-state index in [2.05, 4.69) is 70.5 Å². The third-order valence-corrected chi connectivity index (χ3v) is 4.83. The molecule has 86 valence electrons. The minimum absolute atomic E-state index is 0.513. The Kier molecular flexibility index (Phi) is 3.02. The topological polar surface area (TPSA) is 0 Å². The zero-order valence-corrected chi connectivity index (χ0v) is 11.2. The van der Waals surface area contributed by atoms with E-state index in [9.17, 15) is 0 Å². The molecule has 0 aliphatic heterocycles. The van der Waals surface area contributed by atoms with E-state index in [4.69, 9.17) is 0 Å². The van der Waals surface area contributed by atoms with Crippen molar-refractivity contribution in [3.63, 3.8) is 0 Å². The molecule has 2 aromatic rings. The van der Waals surface area contributed by atoms with Gasteiger partial charge in [0.05, 0.1) is 0 Å². The van der Waals surface area contributed by atoms with Gasteiger partial charge in [0.2, 0.25) is 0 Å². The van der Waals surface area contributed by atoms with Gasteiger partial charge in [-0.05, 0) is 35.4 Å². The Morgan fingerprint density at radius 3 is 2.41 bits per heavy atom. The minimum atomic E-state index is 0.513. The van der Waals surface area contributed by atoms with E-state index in [1.807, 2.05) is 0 Å². The van der Waals surface area contributed by atoms with Crippen LogP contribution in [0.5, 0.6) is 0 Å². The fourth-order valence-corrected chi connectivity index (χ4v) is 3.54. The molecule has 0 saturated carbocycles. The summed E-state index contributed by atoms with van der Waals surface area (Å²) in [6.07, 6.45) is 2.35. The van der Waals surface area contributed by atoms with Crippen LogP contribution >= 0.6 is 15.9 Å². The van der Waals surface area contributed by atoms with Gasteiger partial charge in [0.15, 0.2) is 0 Å². The van der Waals surface area contributed by atoms with Gasteiger partial charge in [-0.2, -0.15) is 0 Å². The molecule has 17 heavy (non-hydrogen) atoms. The smallest absolute Gasteiger partial charge is 0.0432 e. The lowest BCUT2D eigenvalue weighted by molar-refractivity contribution is 0.555. The van der Waals surface area contributed by atoms with Crippen molar-refractivity contribution in [2.45, 2.75) is 17.7 Å². The normalized spacial score (nSPS) is 22.4. The maximum absolute atomic E-state index is 3.86. The lowest BCUT2D eigenvalue weighted by Gasteiger charge is -2.14. The molecule has 3 rings (SSSR count). The summed E-state index contributed by atoms with van der Waals surface area (Å²) in [6, 6.07) is 19.6. The van der Waals surface area contributed by atoms with Crippen molar-refractivity contribution in [1.29, 1.82) is 0 Å². The Morgan fingerprint density at radius 2 is 1.65 bits per heavy atom. The van der Waals surface area contributed by atoms with Crippen LogP contribution in [0.15, 0.2) is 54.6 Å². The van der Waals surface area contributed by atoms with E-state index in [0.29, 0.717) is 10.7 Å². The van der Waals surface area contributed by atoms with Gasteiger partial charge in [-0.15, -0.1) is 0 Å². The largest absolute Gasteiger partial charge is 0.0835 e. The summed E-state index contributed by atoms with van der Waals surface area (Å²) in [6.45, 7) is 0. The standard InChI is InChI=1S/C16H15Br/c17-16-14(10-12-6-2-1-3-7-12)11-13-8-4-5-9-15(13)16/h1-9,14,16H,10-11H2. The van der Waals surface area contributed by atoms with Gasteiger partial charge in [0.25, 0.3) is 0 Å². The summed E-state index contributed by atoms with van der Waals surface area (Å²) in [5, 5.41) is 0. The molecular formula is C16H15Br. The van der Waals surface area contributed by atoms with Gasteiger partial charge in [0.1, 0.15) is 0 Å². The number of alkyl halides is 1. The molecule has 2 aromatic carbocycles. The molecule has 2 atom stereocenters. The molecule has 1 aliphatic rings. The average Bonchev–Trinajstić information content (AvgIpc) is 2.68. The van der Waals surface area contributed by atoms with Gasteiger partial charge >= 0.3 is 0 Å². The van der Waals surface area contributed by atoms with Crippen LogP contribution in [0.25, 0.3) is 0 Å². The number of hydrogen-bond donors (Lipinski definition) is 0. The van der Waals surface area contributed by atoms with E-state index in [0.717, 1.165) is 6.42 Å². The molecule has 1 aliphatic carbocycles. The summed E-state index contributed by atoms with van der Waals surface area (Å²) in [4.78, 5) is 0.513. The van der Waals surface area contributed by atoms with Gasteiger partial charge < -0.3 is 0 Å². The molecule has 0 heterocycles. The van der Waals surface area contributed by atoms with Crippen LogP contribution in [0.2, 0.25) is 0 Å². The third-order valence-electron chi connectivity index (χ3n) is 3.59. The Balaban J connectivity index is 1.81. The lowest BCUT2D eigenvalue weighted by Crippen LogP contribution is -2.06. The Bertz CT molecular complexity index is 504. The molecule has 0 aromatic heterocycles. The average molecular weight is 287 g/mol. The first-order valence-corrected chi connectivity index (χ1v) is 7.02. The van der Waals surface area contributed by atoms with E-state index >= 15 is 0 Å². The predicted octanol–water partition coefficient (Wildman–Crippen LogP) is 4.54. The van der Waals surface area contributed by atoms with Crippen LogP contribution in [-0.4, -0.2) is 0 Å². The second-order valence-electron chi connectivity index (χ2n) is 4.75. The highest BCUT2D eigenvalue weighted by atomic mass is 79.9. The zero-order valence-electron chi connectivity index (χ0n) is 9.64. The first-order chi connectivity index (χ1) is 8.34. The van der Waals surface area contributed by atoms with Crippen LogP contribution in [0.3, 0.4) is 0 Å². The monoisotopic (exact) mass is 286 g/mol. The molecule has 0 nitrogen and oxygen atoms in total. The predicted molar refractivity (Wildman–Crippen MR) is 75.5 cm³/mol. The molecule has 0 fully saturated rings. The van der Waals surface area contributed by atoms with E-state index in [-0.39, 0.29) is 0 Å². The summed E-state index contributed by atoms with van der Waals surface area (Å²) in [5.74, 6) is 0.690. The fourth-order valence-electron chi connectivity index (χ4n) is 2.72. The number of rotatable bonds is 2. The number of fused-ring (bicyclic) bond motifs is 1. The summed E-state index contributed by atoms with van der Waals surface area (Å²) < 4.78 is 0. The van der Waals surface area contributed by atoms with Gasteiger partial charge in [-0.25, -0.2) is 0 Å². The highest BCUT2D eigenvalue weighted by molar-refractivity contribution is 9.09. The molecule has 0 bridgehead atoms. The Hall–Kier alpha value is -1.08. The van der Waals surface area contributed by atoms with Crippen molar-refractivity contribution >= 4 is 15.9 Å². The van der Waals surface area contributed by atoms with Crippen LogP contribution in [0.1, 0.15) is 21.5 Å². The first kappa shape index (κ1) is 11.0. The zero-order chi connectivity index (χ0) is 11.7. The Labute approximate surface area is 111 Å². The van der Waals surface area contributed by atoms with Crippen LogP contribution in [0.4, 0.5) is 0 Å². The summed E-state index contributed by atoms with van der Waals surface area (Å²) >= 11 is 3.86. The fraction of sp³-hybridized carbons (Fsp3) is 0.250.